The Bertz CT molecular complexity index is 1290. The molecule has 0 aliphatic carbocycles. The number of carbonyl (C=O) groups is 2. The average molecular weight is 488 g/mol. The first-order chi connectivity index (χ1) is 17.3. The van der Waals surface area contributed by atoms with Gasteiger partial charge in [0.15, 0.2) is 5.78 Å². The van der Waals surface area contributed by atoms with E-state index in [-0.39, 0.29) is 33.9 Å². The summed E-state index contributed by atoms with van der Waals surface area (Å²) in [6.07, 6.45) is 0. The maximum atomic E-state index is 12.3. The van der Waals surface area contributed by atoms with E-state index in [4.69, 9.17) is 14.2 Å². The van der Waals surface area contributed by atoms with Gasteiger partial charge in [-0.2, -0.15) is 0 Å². The zero-order chi connectivity index (χ0) is 26.1. The van der Waals surface area contributed by atoms with Crippen molar-refractivity contribution in [3.05, 3.63) is 108 Å². The molecular formula is C28H24O8. The minimum Gasteiger partial charge on any atom is -0.507 e. The molecular weight excluding hydrogens is 464 g/mol. The first-order valence-electron chi connectivity index (χ1n) is 10.7. The van der Waals surface area contributed by atoms with Crippen molar-refractivity contribution in [1.29, 1.82) is 0 Å². The number of esters is 1. The van der Waals surface area contributed by atoms with Crippen LogP contribution in [0.4, 0.5) is 0 Å². The van der Waals surface area contributed by atoms with Crippen molar-refractivity contribution < 1.29 is 39.1 Å². The quantitative estimate of drug-likeness (QED) is 0.198. The second kappa shape index (κ2) is 11.9. The molecule has 0 saturated carbocycles. The number of phenols is 3. The van der Waals surface area contributed by atoms with Gasteiger partial charge < -0.3 is 29.5 Å². The molecule has 0 saturated heterocycles. The molecule has 4 rings (SSSR count). The molecule has 0 atom stereocenters. The van der Waals surface area contributed by atoms with Crippen molar-refractivity contribution in [2.75, 3.05) is 14.2 Å². The predicted octanol–water partition coefficient (Wildman–Crippen LogP) is 4.96. The molecule has 0 unspecified atom stereocenters. The van der Waals surface area contributed by atoms with Crippen LogP contribution in [0.3, 0.4) is 0 Å². The average Bonchev–Trinajstić information content (AvgIpc) is 2.89. The van der Waals surface area contributed by atoms with E-state index in [1.807, 2.05) is 6.07 Å². The third-order valence-corrected chi connectivity index (χ3v) is 4.98. The number of ether oxygens (including phenoxy) is 3. The Kier molecular flexibility index (Phi) is 8.50. The molecule has 3 N–H and O–H groups in total. The first kappa shape index (κ1) is 25.6. The van der Waals surface area contributed by atoms with E-state index in [0.717, 1.165) is 0 Å². The SMILES string of the molecule is COc1ccc(C(=O)c2ccc(OC)cc2O)c(O)c1.O=C(Oc1ccccc1)c1ccccc1O. The Morgan fingerprint density at radius 2 is 1.06 bits per heavy atom. The monoisotopic (exact) mass is 488 g/mol. The summed E-state index contributed by atoms with van der Waals surface area (Å²) in [5.41, 5.74) is 0.337. The lowest BCUT2D eigenvalue weighted by Gasteiger charge is -2.08. The Morgan fingerprint density at radius 1 is 0.556 bits per heavy atom. The van der Waals surface area contributed by atoms with Gasteiger partial charge in [0, 0.05) is 12.1 Å². The van der Waals surface area contributed by atoms with Crippen LogP contribution in [0.25, 0.3) is 0 Å². The van der Waals surface area contributed by atoms with Crippen molar-refractivity contribution in [3.8, 4) is 34.5 Å². The predicted molar refractivity (Wildman–Crippen MR) is 132 cm³/mol. The molecule has 4 aromatic rings. The lowest BCUT2D eigenvalue weighted by molar-refractivity contribution is 0.0731. The summed E-state index contributed by atoms with van der Waals surface area (Å²) in [7, 11) is 2.93. The summed E-state index contributed by atoms with van der Waals surface area (Å²) in [5.74, 6) is -0.195. The highest BCUT2D eigenvalue weighted by atomic mass is 16.5. The van der Waals surface area contributed by atoms with Crippen LogP contribution in [0.2, 0.25) is 0 Å². The maximum absolute atomic E-state index is 12.3. The number of aromatic hydroxyl groups is 3. The third kappa shape index (κ3) is 6.32. The van der Waals surface area contributed by atoms with E-state index >= 15 is 0 Å². The fraction of sp³-hybridized carbons (Fsp3) is 0.0714. The van der Waals surface area contributed by atoms with E-state index in [0.29, 0.717) is 17.2 Å². The van der Waals surface area contributed by atoms with Gasteiger partial charge in [-0.25, -0.2) is 4.79 Å². The number of carbonyl (C=O) groups excluding carboxylic acids is 2. The molecule has 0 spiro atoms. The molecule has 0 amide bonds. The van der Waals surface area contributed by atoms with Crippen LogP contribution in [-0.2, 0) is 0 Å². The lowest BCUT2D eigenvalue weighted by Crippen LogP contribution is -2.08. The van der Waals surface area contributed by atoms with Gasteiger partial charge in [0.05, 0.1) is 25.3 Å². The fourth-order valence-corrected chi connectivity index (χ4v) is 3.10. The normalized spacial score (nSPS) is 9.94. The van der Waals surface area contributed by atoms with Crippen LogP contribution in [0, 0.1) is 0 Å². The summed E-state index contributed by atoms with van der Waals surface area (Å²) >= 11 is 0. The standard InChI is InChI=1S/C15H14O5.C13H10O3/c1-19-9-3-5-11(13(16)7-9)15(18)12-6-4-10(20-2)8-14(12)17;14-12-9-5-4-8-11(12)13(15)16-10-6-2-1-3-7-10/h3-8,16-17H,1-2H3;1-9,14H. The number of rotatable bonds is 6. The smallest absolute Gasteiger partial charge is 0.347 e. The van der Waals surface area contributed by atoms with Gasteiger partial charge in [0.1, 0.15) is 40.1 Å². The van der Waals surface area contributed by atoms with Crippen molar-refractivity contribution in [2.45, 2.75) is 0 Å². The van der Waals surface area contributed by atoms with E-state index in [1.54, 1.807) is 48.5 Å². The molecule has 4 aromatic carbocycles. The van der Waals surface area contributed by atoms with Gasteiger partial charge in [-0.05, 0) is 48.5 Å². The summed E-state index contributed by atoms with van der Waals surface area (Å²) in [6.45, 7) is 0. The number of para-hydroxylation sites is 2. The number of methoxy groups -OCH3 is 2. The summed E-state index contributed by atoms with van der Waals surface area (Å²) in [4.78, 5) is 23.9. The van der Waals surface area contributed by atoms with Crippen molar-refractivity contribution in [3.63, 3.8) is 0 Å². The summed E-state index contributed by atoms with van der Waals surface area (Å²) in [6, 6.07) is 23.7. The zero-order valence-electron chi connectivity index (χ0n) is 19.5. The molecule has 0 radical (unpaired) electrons. The van der Waals surface area contributed by atoms with Gasteiger partial charge in [-0.1, -0.05) is 30.3 Å². The maximum Gasteiger partial charge on any atom is 0.347 e. The van der Waals surface area contributed by atoms with Gasteiger partial charge in [-0.3, -0.25) is 4.79 Å². The Morgan fingerprint density at radius 3 is 1.53 bits per heavy atom. The van der Waals surface area contributed by atoms with Crippen molar-refractivity contribution in [2.24, 2.45) is 0 Å². The summed E-state index contributed by atoms with van der Waals surface area (Å²) in [5, 5.41) is 29.1. The van der Waals surface area contributed by atoms with Gasteiger partial charge in [0.2, 0.25) is 0 Å². The molecule has 0 heterocycles. The van der Waals surface area contributed by atoms with Gasteiger partial charge in [-0.15, -0.1) is 0 Å². The molecule has 8 nitrogen and oxygen atoms in total. The van der Waals surface area contributed by atoms with Crippen molar-refractivity contribution >= 4 is 11.8 Å². The Labute approximate surface area is 207 Å². The largest absolute Gasteiger partial charge is 0.507 e. The van der Waals surface area contributed by atoms with Gasteiger partial charge >= 0.3 is 5.97 Å². The second-order valence-corrected chi connectivity index (χ2v) is 7.32. The highest BCUT2D eigenvalue weighted by molar-refractivity contribution is 6.12. The van der Waals surface area contributed by atoms with Crippen molar-refractivity contribution in [1.82, 2.24) is 0 Å². The topological polar surface area (TPSA) is 123 Å². The number of hydrogen-bond donors (Lipinski definition) is 3. The molecule has 0 aromatic heterocycles. The molecule has 184 valence electrons. The second-order valence-electron chi connectivity index (χ2n) is 7.32. The van der Waals surface area contributed by atoms with Crippen LogP contribution in [0.1, 0.15) is 26.3 Å². The van der Waals surface area contributed by atoms with Gasteiger partial charge in [0.25, 0.3) is 0 Å². The number of benzene rings is 4. The minimum absolute atomic E-state index is 0.0802. The molecule has 8 heteroatoms. The highest BCUT2D eigenvalue weighted by Crippen LogP contribution is 2.30. The highest BCUT2D eigenvalue weighted by Gasteiger charge is 2.18. The van der Waals surface area contributed by atoms with E-state index in [9.17, 15) is 24.9 Å². The molecule has 36 heavy (non-hydrogen) atoms. The molecule has 0 aliphatic heterocycles. The first-order valence-corrected chi connectivity index (χ1v) is 10.7. The van der Waals surface area contributed by atoms with E-state index in [1.165, 1.54) is 50.6 Å². The Hall–Kier alpha value is -4.98. The fourth-order valence-electron chi connectivity index (χ4n) is 3.10. The molecule has 0 bridgehead atoms. The summed E-state index contributed by atoms with van der Waals surface area (Å²) < 4.78 is 15.0. The zero-order valence-corrected chi connectivity index (χ0v) is 19.5. The van der Waals surface area contributed by atoms with Crippen LogP contribution >= 0.6 is 0 Å². The number of hydrogen-bond acceptors (Lipinski definition) is 8. The third-order valence-electron chi connectivity index (χ3n) is 4.98. The molecule has 0 aliphatic rings. The van der Waals surface area contributed by atoms with Crippen LogP contribution in [-0.4, -0.2) is 41.3 Å². The van der Waals surface area contributed by atoms with E-state index in [2.05, 4.69) is 0 Å². The van der Waals surface area contributed by atoms with Crippen LogP contribution in [0.15, 0.2) is 91.0 Å². The lowest BCUT2D eigenvalue weighted by atomic mass is 10.0. The number of ketones is 1. The van der Waals surface area contributed by atoms with E-state index < -0.39 is 11.8 Å². The minimum atomic E-state index is -0.565. The number of phenolic OH excluding ortho intramolecular Hbond substituents is 3. The van der Waals surface area contributed by atoms with Crippen LogP contribution in [0.5, 0.6) is 34.5 Å². The Balaban J connectivity index is 0.000000205. The molecule has 0 fully saturated rings. The van der Waals surface area contributed by atoms with Crippen LogP contribution < -0.4 is 14.2 Å².